The van der Waals surface area contributed by atoms with Gasteiger partial charge in [0.25, 0.3) is 0 Å². The Kier molecular flexibility index (Phi) is 5.30. The summed E-state index contributed by atoms with van der Waals surface area (Å²) in [6, 6.07) is 11.0. The molecule has 0 aromatic heterocycles. The van der Waals surface area contributed by atoms with Crippen molar-refractivity contribution in [2.45, 2.75) is 45.7 Å². The van der Waals surface area contributed by atoms with E-state index in [1.165, 1.54) is 5.69 Å². The number of hydrogen-bond acceptors (Lipinski definition) is 3. The molecule has 3 rings (SSSR count). The molecule has 0 spiro atoms. The fourth-order valence-electron chi connectivity index (χ4n) is 4.31. The van der Waals surface area contributed by atoms with E-state index in [1.54, 1.807) is 6.92 Å². The number of hydrogen-bond donors (Lipinski definition) is 0. The molecule has 0 bridgehead atoms. The molecule has 2 amide bonds. The lowest BCUT2D eigenvalue weighted by Crippen LogP contribution is -2.59. The van der Waals surface area contributed by atoms with Gasteiger partial charge in [0, 0.05) is 56.8 Å². The number of nitrogens with zero attached hydrogens (tertiary/aromatic N) is 3. The Bertz CT molecular complexity index is 599. The van der Waals surface area contributed by atoms with E-state index in [-0.39, 0.29) is 17.7 Å². The first-order chi connectivity index (χ1) is 12.0. The third-order valence-corrected chi connectivity index (χ3v) is 5.57. The van der Waals surface area contributed by atoms with Gasteiger partial charge in [-0.2, -0.15) is 0 Å². The number of para-hydroxylation sites is 1. The third-order valence-electron chi connectivity index (χ3n) is 5.57. The summed E-state index contributed by atoms with van der Waals surface area (Å²) < 4.78 is 0. The van der Waals surface area contributed by atoms with Gasteiger partial charge in [0.2, 0.25) is 11.8 Å². The summed E-state index contributed by atoms with van der Waals surface area (Å²) in [6.45, 7) is 8.95. The van der Waals surface area contributed by atoms with Gasteiger partial charge in [-0.1, -0.05) is 18.2 Å². The Labute approximate surface area is 150 Å². The van der Waals surface area contributed by atoms with Crippen LogP contribution in [0.1, 0.15) is 33.6 Å². The zero-order valence-corrected chi connectivity index (χ0v) is 15.5. The van der Waals surface area contributed by atoms with Crippen molar-refractivity contribution in [3.8, 4) is 0 Å². The predicted molar refractivity (Wildman–Crippen MR) is 99.4 cm³/mol. The van der Waals surface area contributed by atoms with Crippen molar-refractivity contribution in [3.05, 3.63) is 30.3 Å². The summed E-state index contributed by atoms with van der Waals surface area (Å²) >= 11 is 0. The zero-order valence-electron chi connectivity index (χ0n) is 15.5. The van der Waals surface area contributed by atoms with E-state index in [0.717, 1.165) is 25.9 Å². The van der Waals surface area contributed by atoms with Crippen LogP contribution in [-0.4, -0.2) is 59.9 Å². The van der Waals surface area contributed by atoms with Crippen LogP contribution < -0.4 is 4.90 Å². The molecule has 1 aromatic carbocycles. The summed E-state index contributed by atoms with van der Waals surface area (Å²) in [4.78, 5) is 30.7. The minimum absolute atomic E-state index is 0.0678. The monoisotopic (exact) mass is 343 g/mol. The van der Waals surface area contributed by atoms with Gasteiger partial charge in [-0.15, -0.1) is 0 Å². The van der Waals surface area contributed by atoms with Crippen LogP contribution in [0.5, 0.6) is 0 Å². The Morgan fingerprint density at radius 2 is 1.48 bits per heavy atom. The van der Waals surface area contributed by atoms with Crippen LogP contribution in [0.25, 0.3) is 0 Å². The number of anilines is 1. The number of benzene rings is 1. The fraction of sp³-hybridized carbons (Fsp3) is 0.600. The highest BCUT2D eigenvalue weighted by Gasteiger charge is 2.35. The molecule has 0 N–H and O–H groups in total. The van der Waals surface area contributed by atoms with Crippen LogP contribution in [0.15, 0.2) is 30.3 Å². The number of piperazine rings is 1. The van der Waals surface area contributed by atoms with Crippen molar-refractivity contribution in [3.63, 3.8) is 0 Å². The summed E-state index contributed by atoms with van der Waals surface area (Å²) in [5.41, 5.74) is 1.23. The number of rotatable bonds is 2. The zero-order chi connectivity index (χ0) is 18.0. The quantitative estimate of drug-likeness (QED) is 0.828. The predicted octanol–water partition coefficient (Wildman–Crippen LogP) is 2.37. The summed E-state index contributed by atoms with van der Waals surface area (Å²) in [5, 5.41) is 0. The van der Waals surface area contributed by atoms with Gasteiger partial charge < -0.3 is 14.7 Å². The van der Waals surface area contributed by atoms with Gasteiger partial charge in [-0.25, -0.2) is 0 Å². The molecule has 25 heavy (non-hydrogen) atoms. The molecule has 2 aliphatic heterocycles. The average Bonchev–Trinajstić information content (AvgIpc) is 2.61. The van der Waals surface area contributed by atoms with Crippen LogP contribution in [0.4, 0.5) is 5.69 Å². The molecule has 5 heteroatoms. The Morgan fingerprint density at radius 1 is 0.920 bits per heavy atom. The Hall–Kier alpha value is -2.04. The molecule has 2 saturated heterocycles. The molecule has 2 fully saturated rings. The number of carbonyl (C=O) groups is 2. The molecule has 2 aliphatic rings. The lowest BCUT2D eigenvalue weighted by molar-refractivity contribution is -0.141. The fourth-order valence-corrected chi connectivity index (χ4v) is 4.31. The van der Waals surface area contributed by atoms with Crippen molar-refractivity contribution in [2.24, 2.45) is 5.92 Å². The van der Waals surface area contributed by atoms with E-state index in [1.807, 2.05) is 15.9 Å². The van der Waals surface area contributed by atoms with Gasteiger partial charge in [0.1, 0.15) is 0 Å². The second kappa shape index (κ2) is 7.46. The third kappa shape index (κ3) is 3.80. The minimum Gasteiger partial charge on any atom is -0.363 e. The van der Waals surface area contributed by atoms with Crippen LogP contribution in [-0.2, 0) is 9.59 Å². The van der Waals surface area contributed by atoms with E-state index in [9.17, 15) is 9.59 Å². The second-order valence-electron chi connectivity index (χ2n) is 7.46. The molecule has 0 aliphatic carbocycles. The number of carbonyl (C=O) groups excluding carboxylic acids is 2. The minimum atomic E-state index is 0.0678. The second-order valence-corrected chi connectivity index (χ2v) is 7.46. The lowest BCUT2D eigenvalue weighted by Gasteiger charge is -2.47. The SMILES string of the molecule is CC(=O)N1CCC(C(=O)N2CC(C)N(c3ccccc3)C(C)C2)CC1. The molecule has 0 radical (unpaired) electrons. The summed E-state index contributed by atoms with van der Waals surface area (Å²) in [7, 11) is 0. The van der Waals surface area contributed by atoms with E-state index in [2.05, 4.69) is 43.0 Å². The van der Waals surface area contributed by atoms with Gasteiger partial charge in [0.15, 0.2) is 0 Å². The van der Waals surface area contributed by atoms with Crippen molar-refractivity contribution >= 4 is 17.5 Å². The maximum absolute atomic E-state index is 13.0. The van der Waals surface area contributed by atoms with E-state index < -0.39 is 0 Å². The molecule has 5 nitrogen and oxygen atoms in total. The van der Waals surface area contributed by atoms with Gasteiger partial charge in [0.05, 0.1) is 0 Å². The molecule has 2 atom stereocenters. The van der Waals surface area contributed by atoms with Crippen LogP contribution in [0.3, 0.4) is 0 Å². The molecule has 1 aromatic rings. The maximum Gasteiger partial charge on any atom is 0.225 e. The normalized spacial score (nSPS) is 25.2. The molecular weight excluding hydrogens is 314 g/mol. The van der Waals surface area contributed by atoms with Gasteiger partial charge in [-0.3, -0.25) is 9.59 Å². The average molecular weight is 343 g/mol. The highest BCUT2D eigenvalue weighted by Crippen LogP contribution is 2.27. The number of likely N-dealkylation sites (tertiary alicyclic amines) is 1. The topological polar surface area (TPSA) is 43.9 Å². The number of piperidine rings is 1. The molecule has 2 heterocycles. The Balaban J connectivity index is 1.62. The first-order valence-corrected chi connectivity index (χ1v) is 9.35. The van der Waals surface area contributed by atoms with Crippen LogP contribution in [0.2, 0.25) is 0 Å². The molecular formula is C20H29N3O2. The maximum atomic E-state index is 13.0. The molecule has 2 unspecified atom stereocenters. The standard InChI is InChI=1S/C20H29N3O2/c1-15-13-22(14-16(2)23(15)19-7-5-4-6-8-19)20(25)18-9-11-21(12-10-18)17(3)24/h4-8,15-16,18H,9-14H2,1-3H3. The van der Waals surface area contributed by atoms with Gasteiger partial charge >= 0.3 is 0 Å². The summed E-state index contributed by atoms with van der Waals surface area (Å²) in [5.74, 6) is 0.456. The highest BCUT2D eigenvalue weighted by molar-refractivity contribution is 5.80. The molecule has 136 valence electrons. The van der Waals surface area contributed by atoms with Crippen molar-refractivity contribution < 1.29 is 9.59 Å². The number of amides is 2. The highest BCUT2D eigenvalue weighted by atomic mass is 16.2. The van der Waals surface area contributed by atoms with E-state index in [4.69, 9.17) is 0 Å². The van der Waals surface area contributed by atoms with E-state index >= 15 is 0 Å². The van der Waals surface area contributed by atoms with Crippen LogP contribution in [0, 0.1) is 5.92 Å². The molecule has 0 saturated carbocycles. The van der Waals surface area contributed by atoms with E-state index in [0.29, 0.717) is 25.2 Å². The summed E-state index contributed by atoms with van der Waals surface area (Å²) in [6.07, 6.45) is 1.58. The van der Waals surface area contributed by atoms with Crippen molar-refractivity contribution in [1.29, 1.82) is 0 Å². The first-order valence-electron chi connectivity index (χ1n) is 9.35. The van der Waals surface area contributed by atoms with Crippen molar-refractivity contribution in [2.75, 3.05) is 31.1 Å². The largest absolute Gasteiger partial charge is 0.363 e. The first kappa shape index (κ1) is 17.8. The van der Waals surface area contributed by atoms with Gasteiger partial charge in [-0.05, 0) is 38.8 Å². The smallest absolute Gasteiger partial charge is 0.225 e. The van der Waals surface area contributed by atoms with Crippen molar-refractivity contribution in [1.82, 2.24) is 9.80 Å². The lowest BCUT2D eigenvalue weighted by atomic mass is 9.94. The Morgan fingerprint density at radius 3 is 2.00 bits per heavy atom. The van der Waals surface area contributed by atoms with Crippen LogP contribution >= 0.6 is 0 Å².